The molecule has 0 aliphatic heterocycles. The van der Waals surface area contributed by atoms with Crippen LogP contribution in [0.25, 0.3) is 0 Å². The highest BCUT2D eigenvalue weighted by Crippen LogP contribution is 2.24. The predicted molar refractivity (Wildman–Crippen MR) is 69.9 cm³/mol. The molecule has 1 heterocycles. The average Bonchev–Trinajstić information content (AvgIpc) is 2.58. The van der Waals surface area contributed by atoms with Crippen LogP contribution in [-0.4, -0.2) is 26.2 Å². The van der Waals surface area contributed by atoms with Crippen molar-refractivity contribution in [3.05, 3.63) is 15.8 Å². The van der Waals surface area contributed by atoms with Crippen molar-refractivity contribution in [2.24, 2.45) is 0 Å². The van der Waals surface area contributed by atoms with E-state index in [0.717, 1.165) is 9.75 Å². The largest absolute Gasteiger partial charge is 0.393 e. The maximum Gasteiger partial charge on any atom is 0.241 e. The fourth-order valence-corrected chi connectivity index (χ4v) is 4.12. The van der Waals surface area contributed by atoms with E-state index in [1.807, 2.05) is 13.8 Å². The van der Waals surface area contributed by atoms with Crippen LogP contribution >= 0.6 is 11.3 Å². The van der Waals surface area contributed by atoms with Gasteiger partial charge in [0, 0.05) is 16.3 Å². The van der Waals surface area contributed by atoms with Gasteiger partial charge < -0.3 is 5.11 Å². The summed E-state index contributed by atoms with van der Waals surface area (Å²) in [5, 5.41) is 9.35. The molecule has 1 aromatic rings. The van der Waals surface area contributed by atoms with Gasteiger partial charge in [-0.25, -0.2) is 13.1 Å². The van der Waals surface area contributed by atoms with Crippen LogP contribution in [0.2, 0.25) is 0 Å². The van der Waals surface area contributed by atoms with Gasteiger partial charge in [0.2, 0.25) is 10.0 Å². The van der Waals surface area contributed by atoms with Gasteiger partial charge >= 0.3 is 0 Å². The van der Waals surface area contributed by atoms with Gasteiger partial charge in [-0.05, 0) is 32.8 Å². The van der Waals surface area contributed by atoms with E-state index in [0.29, 0.717) is 17.7 Å². The molecule has 0 aliphatic carbocycles. The summed E-state index contributed by atoms with van der Waals surface area (Å²) in [4.78, 5) is 2.13. The van der Waals surface area contributed by atoms with Gasteiger partial charge in [-0.2, -0.15) is 0 Å². The molecular formula is C11H19NO3S2. The zero-order valence-electron chi connectivity index (χ0n) is 10.4. The molecule has 0 amide bonds. The number of rotatable bonds is 6. The Morgan fingerprint density at radius 1 is 1.47 bits per heavy atom. The lowest BCUT2D eigenvalue weighted by atomic mass is 10.2. The summed E-state index contributed by atoms with van der Waals surface area (Å²) in [5.74, 6) is 0. The van der Waals surface area contributed by atoms with Crippen LogP contribution in [0.15, 0.2) is 11.0 Å². The van der Waals surface area contributed by atoms with E-state index in [9.17, 15) is 13.5 Å². The van der Waals surface area contributed by atoms with Gasteiger partial charge in [0.15, 0.2) is 0 Å². The Kier molecular flexibility index (Phi) is 5.12. The van der Waals surface area contributed by atoms with Crippen LogP contribution in [-0.2, 0) is 10.0 Å². The quantitative estimate of drug-likeness (QED) is 0.833. The van der Waals surface area contributed by atoms with E-state index in [-0.39, 0.29) is 6.54 Å². The van der Waals surface area contributed by atoms with Crippen molar-refractivity contribution in [3.8, 4) is 0 Å². The fourth-order valence-electron chi connectivity index (χ4n) is 1.52. The topological polar surface area (TPSA) is 66.4 Å². The van der Waals surface area contributed by atoms with Crippen LogP contribution in [0.5, 0.6) is 0 Å². The van der Waals surface area contributed by atoms with E-state index < -0.39 is 16.1 Å². The fraction of sp³-hybridized carbons (Fsp3) is 0.636. The zero-order valence-corrected chi connectivity index (χ0v) is 12.0. The highest BCUT2D eigenvalue weighted by Gasteiger charge is 2.18. The number of thiophene rings is 1. The van der Waals surface area contributed by atoms with Crippen LogP contribution in [0.4, 0.5) is 0 Å². The first-order chi connectivity index (χ1) is 7.86. The van der Waals surface area contributed by atoms with Crippen molar-refractivity contribution in [1.29, 1.82) is 0 Å². The lowest BCUT2D eigenvalue weighted by molar-refractivity contribution is 0.162. The molecule has 0 radical (unpaired) electrons. The third-order valence-corrected chi connectivity index (χ3v) is 5.21. The molecule has 0 aromatic carbocycles. The molecule has 0 saturated heterocycles. The standard InChI is InChI=1S/C11H19NO3S2/c1-4-10(13)5-6-12-17(14,15)11-7-8(2)16-9(11)3/h7,10,12-13H,4-6H2,1-3H3. The summed E-state index contributed by atoms with van der Waals surface area (Å²) >= 11 is 1.47. The van der Waals surface area contributed by atoms with Crippen molar-refractivity contribution >= 4 is 21.4 Å². The molecule has 0 fully saturated rings. The van der Waals surface area contributed by atoms with Crippen molar-refractivity contribution in [2.75, 3.05) is 6.54 Å². The number of aliphatic hydroxyl groups excluding tert-OH is 1. The Bertz CT molecular complexity index is 465. The number of aryl methyl sites for hydroxylation is 2. The van der Waals surface area contributed by atoms with Crippen LogP contribution < -0.4 is 4.72 Å². The number of nitrogens with one attached hydrogen (secondary N) is 1. The third kappa shape index (κ3) is 4.06. The highest BCUT2D eigenvalue weighted by molar-refractivity contribution is 7.89. The van der Waals surface area contributed by atoms with Gasteiger partial charge in [-0.15, -0.1) is 11.3 Å². The molecule has 0 spiro atoms. The Morgan fingerprint density at radius 3 is 2.59 bits per heavy atom. The summed E-state index contributed by atoms with van der Waals surface area (Å²) in [6.45, 7) is 5.82. The second kappa shape index (κ2) is 5.95. The Hall–Kier alpha value is -0.430. The van der Waals surface area contributed by atoms with Crippen molar-refractivity contribution in [1.82, 2.24) is 4.72 Å². The summed E-state index contributed by atoms with van der Waals surface area (Å²) in [6, 6.07) is 1.68. The van der Waals surface area contributed by atoms with Gasteiger partial charge in [-0.3, -0.25) is 0 Å². The summed E-state index contributed by atoms with van der Waals surface area (Å²) in [5.41, 5.74) is 0. The Balaban J connectivity index is 2.66. The van der Waals surface area contributed by atoms with Crippen LogP contribution in [0.1, 0.15) is 29.5 Å². The normalized spacial score (nSPS) is 13.9. The molecule has 1 aromatic heterocycles. The molecule has 0 bridgehead atoms. The first-order valence-corrected chi connectivity index (χ1v) is 7.91. The molecule has 1 atom stereocenters. The summed E-state index contributed by atoms with van der Waals surface area (Å²) < 4.78 is 26.4. The summed E-state index contributed by atoms with van der Waals surface area (Å²) in [6.07, 6.45) is 0.638. The number of hydrogen-bond acceptors (Lipinski definition) is 4. The van der Waals surface area contributed by atoms with Gasteiger partial charge in [0.1, 0.15) is 0 Å². The molecule has 1 unspecified atom stereocenters. The van der Waals surface area contributed by atoms with E-state index in [2.05, 4.69) is 4.72 Å². The third-order valence-electron chi connectivity index (χ3n) is 2.53. The monoisotopic (exact) mass is 277 g/mol. The summed E-state index contributed by atoms with van der Waals surface area (Å²) in [7, 11) is -3.42. The zero-order chi connectivity index (χ0) is 13.1. The predicted octanol–water partition coefficient (Wildman–Crippen LogP) is 1.80. The van der Waals surface area contributed by atoms with Crippen molar-refractivity contribution < 1.29 is 13.5 Å². The molecule has 0 saturated carbocycles. The minimum atomic E-state index is -3.42. The maximum absolute atomic E-state index is 12.0. The molecule has 1 rings (SSSR count). The minimum Gasteiger partial charge on any atom is -0.393 e. The van der Waals surface area contributed by atoms with Crippen LogP contribution in [0.3, 0.4) is 0 Å². The number of hydrogen-bond donors (Lipinski definition) is 2. The number of aliphatic hydroxyl groups is 1. The van der Waals surface area contributed by atoms with Gasteiger partial charge in [0.25, 0.3) is 0 Å². The first kappa shape index (κ1) is 14.6. The van der Waals surface area contributed by atoms with E-state index in [4.69, 9.17) is 0 Å². The lowest BCUT2D eigenvalue weighted by Crippen LogP contribution is -2.27. The molecule has 98 valence electrons. The van der Waals surface area contributed by atoms with Gasteiger partial charge in [-0.1, -0.05) is 6.92 Å². The molecule has 6 heteroatoms. The van der Waals surface area contributed by atoms with E-state index in [1.54, 1.807) is 13.0 Å². The van der Waals surface area contributed by atoms with Crippen molar-refractivity contribution in [3.63, 3.8) is 0 Å². The van der Waals surface area contributed by atoms with E-state index >= 15 is 0 Å². The lowest BCUT2D eigenvalue weighted by Gasteiger charge is -2.09. The Labute approximate surface area is 107 Å². The smallest absolute Gasteiger partial charge is 0.241 e. The minimum absolute atomic E-state index is 0.270. The van der Waals surface area contributed by atoms with Crippen LogP contribution in [0, 0.1) is 13.8 Å². The first-order valence-electron chi connectivity index (χ1n) is 5.61. The molecule has 2 N–H and O–H groups in total. The second-order valence-corrected chi connectivity index (χ2v) is 7.22. The molecule has 0 aliphatic rings. The molecule has 17 heavy (non-hydrogen) atoms. The molecule has 4 nitrogen and oxygen atoms in total. The maximum atomic E-state index is 12.0. The Morgan fingerprint density at radius 2 is 2.12 bits per heavy atom. The highest BCUT2D eigenvalue weighted by atomic mass is 32.2. The second-order valence-electron chi connectivity index (χ2n) is 4.03. The van der Waals surface area contributed by atoms with Crippen molar-refractivity contribution in [2.45, 2.75) is 44.6 Å². The van der Waals surface area contributed by atoms with E-state index in [1.165, 1.54) is 11.3 Å². The number of sulfonamides is 1. The molecular weight excluding hydrogens is 258 g/mol. The SMILES string of the molecule is CCC(O)CCNS(=O)(=O)c1cc(C)sc1C. The average molecular weight is 277 g/mol. The van der Waals surface area contributed by atoms with Gasteiger partial charge in [0.05, 0.1) is 11.0 Å².